The fraction of sp³-hybridized carbons (Fsp3) is 0.455. The van der Waals surface area contributed by atoms with Crippen LogP contribution in [0, 0.1) is 5.82 Å². The molecule has 1 nitrogen and oxygen atoms in total. The van der Waals surface area contributed by atoms with Gasteiger partial charge in [0, 0.05) is 11.0 Å². The monoisotopic (exact) mass is 292 g/mol. The highest BCUT2D eigenvalue weighted by Crippen LogP contribution is 2.23. The number of aliphatic hydroxyl groups excluding tert-OH is 1. The van der Waals surface area contributed by atoms with E-state index in [0.717, 1.165) is 11.3 Å². The Morgan fingerprint density at radius 1 is 1.47 bits per heavy atom. The molecular weight excluding hydrogens is 279 g/mol. The minimum absolute atomic E-state index is 0.189. The van der Waals surface area contributed by atoms with Crippen molar-refractivity contribution in [1.82, 2.24) is 0 Å². The summed E-state index contributed by atoms with van der Waals surface area (Å²) in [6.45, 7) is 3.76. The fourth-order valence-electron chi connectivity index (χ4n) is 0.996. The molecule has 0 spiro atoms. The predicted molar refractivity (Wildman–Crippen MR) is 66.5 cm³/mol. The number of aliphatic hydroxyl groups is 1. The molecule has 0 aliphatic heterocycles. The lowest BCUT2D eigenvalue weighted by atomic mass is 10.2. The molecule has 0 saturated carbocycles. The lowest BCUT2D eigenvalue weighted by Gasteiger charge is -2.13. The molecule has 84 valence electrons. The summed E-state index contributed by atoms with van der Waals surface area (Å²) >= 11 is 4.81. The number of hydrogen-bond acceptors (Lipinski definition) is 2. The van der Waals surface area contributed by atoms with Gasteiger partial charge in [0.05, 0.1) is 10.6 Å². The zero-order chi connectivity index (χ0) is 11.4. The summed E-state index contributed by atoms with van der Waals surface area (Å²) in [4.78, 5) is 0. The Morgan fingerprint density at radius 2 is 2.13 bits per heavy atom. The van der Waals surface area contributed by atoms with Crippen LogP contribution < -0.4 is 0 Å². The maximum atomic E-state index is 12.9. The van der Waals surface area contributed by atoms with Crippen molar-refractivity contribution in [2.45, 2.75) is 31.0 Å². The van der Waals surface area contributed by atoms with Gasteiger partial charge in [-0.25, -0.2) is 4.39 Å². The van der Waals surface area contributed by atoms with Crippen molar-refractivity contribution in [2.24, 2.45) is 0 Å². The fourth-order valence-corrected chi connectivity index (χ4v) is 2.34. The zero-order valence-corrected chi connectivity index (χ0v) is 11.1. The van der Waals surface area contributed by atoms with Crippen LogP contribution in [0.5, 0.6) is 0 Å². The van der Waals surface area contributed by atoms with E-state index in [1.807, 2.05) is 6.92 Å². The van der Waals surface area contributed by atoms with Crippen molar-refractivity contribution in [1.29, 1.82) is 0 Å². The molecule has 0 aromatic heterocycles. The van der Waals surface area contributed by atoms with Crippen molar-refractivity contribution < 1.29 is 9.50 Å². The quantitative estimate of drug-likeness (QED) is 0.915. The molecule has 4 heteroatoms. The van der Waals surface area contributed by atoms with Crippen LogP contribution in [-0.4, -0.2) is 16.5 Å². The van der Waals surface area contributed by atoms with Gasteiger partial charge < -0.3 is 5.11 Å². The summed E-state index contributed by atoms with van der Waals surface area (Å²) in [5, 5.41) is 9.50. The average Bonchev–Trinajstić information content (AvgIpc) is 2.19. The highest BCUT2D eigenvalue weighted by molar-refractivity contribution is 9.10. The maximum absolute atomic E-state index is 12.9. The highest BCUT2D eigenvalue weighted by atomic mass is 79.9. The smallest absolute Gasteiger partial charge is 0.137 e. The van der Waals surface area contributed by atoms with Gasteiger partial charge in [0.1, 0.15) is 5.82 Å². The molecule has 0 fully saturated rings. The molecule has 0 radical (unpaired) electrons. The number of thioether (sulfide) groups is 1. The molecule has 0 aliphatic rings. The molecule has 0 bridgehead atoms. The van der Waals surface area contributed by atoms with E-state index in [9.17, 15) is 9.50 Å². The van der Waals surface area contributed by atoms with Crippen LogP contribution in [0.3, 0.4) is 0 Å². The van der Waals surface area contributed by atoms with Gasteiger partial charge >= 0.3 is 0 Å². The third-order valence-electron chi connectivity index (χ3n) is 2.18. The molecular formula is C11H14BrFOS. The van der Waals surface area contributed by atoms with Gasteiger partial charge in [-0.05, 0) is 40.5 Å². The Morgan fingerprint density at radius 3 is 2.67 bits per heavy atom. The van der Waals surface area contributed by atoms with Crippen molar-refractivity contribution in [3.8, 4) is 0 Å². The molecule has 0 aliphatic carbocycles. The molecule has 1 aromatic carbocycles. The number of hydrogen-bond donors (Lipinski definition) is 1. The highest BCUT2D eigenvalue weighted by Gasteiger charge is 2.09. The van der Waals surface area contributed by atoms with Gasteiger partial charge in [0.15, 0.2) is 0 Å². The van der Waals surface area contributed by atoms with Gasteiger partial charge in [-0.3, -0.25) is 0 Å². The van der Waals surface area contributed by atoms with Gasteiger partial charge in [0.2, 0.25) is 0 Å². The molecule has 2 unspecified atom stereocenters. The first-order valence-electron chi connectivity index (χ1n) is 4.74. The molecule has 15 heavy (non-hydrogen) atoms. The van der Waals surface area contributed by atoms with Gasteiger partial charge in [0.25, 0.3) is 0 Å². The van der Waals surface area contributed by atoms with Crippen molar-refractivity contribution in [2.75, 3.05) is 0 Å². The van der Waals surface area contributed by atoms with Crippen LogP contribution in [0.25, 0.3) is 0 Å². The van der Waals surface area contributed by atoms with Gasteiger partial charge in [-0.2, -0.15) is 11.8 Å². The van der Waals surface area contributed by atoms with Crippen molar-refractivity contribution in [3.63, 3.8) is 0 Å². The Balaban J connectivity index is 2.55. The lowest BCUT2D eigenvalue weighted by molar-refractivity contribution is 0.196. The summed E-state index contributed by atoms with van der Waals surface area (Å²) in [7, 11) is 0. The largest absolute Gasteiger partial charge is 0.392 e. The lowest BCUT2D eigenvalue weighted by Crippen LogP contribution is -2.15. The first kappa shape index (κ1) is 13.0. The Labute approximate surface area is 102 Å². The minimum Gasteiger partial charge on any atom is -0.392 e. The van der Waals surface area contributed by atoms with Crippen LogP contribution in [-0.2, 0) is 5.75 Å². The third-order valence-corrected chi connectivity index (χ3v) is 4.20. The van der Waals surface area contributed by atoms with Crippen LogP contribution in [0.15, 0.2) is 22.7 Å². The Hall–Kier alpha value is -0.0600. The summed E-state index contributed by atoms with van der Waals surface area (Å²) in [5.74, 6) is 0.539. The maximum Gasteiger partial charge on any atom is 0.137 e. The topological polar surface area (TPSA) is 20.2 Å². The molecule has 2 atom stereocenters. The summed E-state index contributed by atoms with van der Waals surface area (Å²) < 4.78 is 13.4. The van der Waals surface area contributed by atoms with E-state index in [2.05, 4.69) is 15.9 Å². The Bertz CT molecular complexity index is 330. The number of halogens is 2. The third kappa shape index (κ3) is 4.13. The standard InChI is InChI=1S/C11H14BrFOS/c1-7(14)8(2)15-6-9-3-4-11(13)10(12)5-9/h3-5,7-8,14H,6H2,1-2H3. The van der Waals surface area contributed by atoms with E-state index in [1.54, 1.807) is 30.8 Å². The summed E-state index contributed by atoms with van der Waals surface area (Å²) in [5.41, 5.74) is 1.06. The van der Waals surface area contributed by atoms with E-state index in [-0.39, 0.29) is 17.2 Å². The second-order valence-electron chi connectivity index (χ2n) is 3.51. The predicted octanol–water partition coefficient (Wildman–Crippen LogP) is 3.59. The van der Waals surface area contributed by atoms with Crippen LogP contribution in [0.4, 0.5) is 4.39 Å². The van der Waals surface area contributed by atoms with Crippen LogP contribution >= 0.6 is 27.7 Å². The summed E-state index contributed by atoms with van der Waals surface area (Å²) in [6.07, 6.45) is -0.320. The molecule has 0 saturated heterocycles. The van der Waals surface area contributed by atoms with Gasteiger partial charge in [-0.1, -0.05) is 13.0 Å². The van der Waals surface area contributed by atoms with E-state index in [0.29, 0.717) is 4.47 Å². The van der Waals surface area contributed by atoms with Crippen molar-refractivity contribution >= 4 is 27.7 Å². The molecule has 0 amide bonds. The molecule has 1 rings (SSSR count). The number of rotatable bonds is 4. The molecule has 1 aromatic rings. The second-order valence-corrected chi connectivity index (χ2v) is 5.73. The zero-order valence-electron chi connectivity index (χ0n) is 8.71. The second kappa shape index (κ2) is 5.87. The van der Waals surface area contributed by atoms with E-state index < -0.39 is 0 Å². The number of benzene rings is 1. The van der Waals surface area contributed by atoms with Gasteiger partial charge in [-0.15, -0.1) is 0 Å². The normalized spacial score (nSPS) is 15.0. The minimum atomic E-state index is -0.320. The van der Waals surface area contributed by atoms with E-state index >= 15 is 0 Å². The molecule has 0 heterocycles. The average molecular weight is 293 g/mol. The van der Waals surface area contributed by atoms with Crippen LogP contribution in [0.1, 0.15) is 19.4 Å². The first-order valence-corrected chi connectivity index (χ1v) is 6.58. The van der Waals surface area contributed by atoms with E-state index in [1.165, 1.54) is 6.07 Å². The van der Waals surface area contributed by atoms with Crippen molar-refractivity contribution in [3.05, 3.63) is 34.1 Å². The van der Waals surface area contributed by atoms with E-state index in [4.69, 9.17) is 0 Å². The van der Waals surface area contributed by atoms with Crippen LogP contribution in [0.2, 0.25) is 0 Å². The Kier molecular flexibility index (Phi) is 5.09. The summed E-state index contributed by atoms with van der Waals surface area (Å²) in [6, 6.07) is 4.99. The molecule has 1 N–H and O–H groups in total. The SMILES string of the molecule is CC(O)C(C)SCc1ccc(F)c(Br)c1. The first-order chi connectivity index (χ1) is 7.00.